The van der Waals surface area contributed by atoms with Crippen molar-refractivity contribution in [3.8, 4) is 11.3 Å². The van der Waals surface area contributed by atoms with Gasteiger partial charge in [0.1, 0.15) is 7.05 Å². The van der Waals surface area contributed by atoms with Gasteiger partial charge in [-0.1, -0.05) is 39.8 Å². The molecule has 1 atom stereocenters. The molecule has 0 N–H and O–H groups in total. The van der Waals surface area contributed by atoms with Crippen LogP contribution in [0.15, 0.2) is 40.9 Å². The molecule has 3 nitrogen and oxygen atoms in total. The minimum atomic E-state index is -2.85. The largest absolute Gasteiger partial charge is 0.437 e. The number of aromatic nitrogens is 2. The number of fused-ring (bicyclic) bond motifs is 3. The normalized spacial score (nSPS) is 18.9. The first-order valence-electron chi connectivity index (χ1n) is 13.2. The van der Waals surface area contributed by atoms with E-state index < -0.39 is 25.0 Å². The number of nitrogens with zero attached hydrogens (tertiary/aromatic N) is 2. The fraction of sp³-hybridized carbons (Fsp3) is 0.385. The van der Waals surface area contributed by atoms with E-state index in [9.17, 15) is 0 Å². The van der Waals surface area contributed by atoms with E-state index in [1.807, 2.05) is 63.7 Å². The fourth-order valence-corrected chi connectivity index (χ4v) is 3.92. The van der Waals surface area contributed by atoms with Crippen molar-refractivity contribution in [2.24, 2.45) is 12.9 Å². The maximum absolute atomic E-state index is 8.47. The summed E-state index contributed by atoms with van der Waals surface area (Å²) in [5.74, 6) is -3.16. The molecule has 0 aliphatic rings. The van der Waals surface area contributed by atoms with Gasteiger partial charge in [0.05, 0.1) is 5.56 Å². The third kappa shape index (κ3) is 3.43. The Kier molecular flexibility index (Phi) is 3.22. The Morgan fingerprint density at radius 2 is 1.90 bits per heavy atom. The van der Waals surface area contributed by atoms with Gasteiger partial charge in [-0.2, -0.15) is 0 Å². The second-order valence-corrected chi connectivity index (χ2v) is 7.90. The van der Waals surface area contributed by atoms with E-state index in [4.69, 9.17) is 14.0 Å². The second kappa shape index (κ2) is 7.29. The SMILES string of the molecule is [2H]C(C)(C)c1c[n+](C)c(-c2c(C)ccc3c2oc2nc(C([2H])([2H])C([2H])(C)C([2H])([2H])[2H])ccc23)cc1C. The van der Waals surface area contributed by atoms with Crippen LogP contribution in [0, 0.1) is 19.7 Å². The Labute approximate surface area is 183 Å². The summed E-state index contributed by atoms with van der Waals surface area (Å²) in [5, 5.41) is 1.48. The number of hydrogen-bond donors (Lipinski definition) is 0. The first-order chi connectivity index (χ1) is 16.4. The van der Waals surface area contributed by atoms with E-state index in [0.717, 1.165) is 40.3 Å². The highest BCUT2D eigenvalue weighted by molar-refractivity contribution is 6.08. The summed E-state index contributed by atoms with van der Waals surface area (Å²) in [5.41, 5.74) is 5.26. The van der Waals surface area contributed by atoms with Crippen molar-refractivity contribution in [1.82, 2.24) is 4.98 Å². The molecule has 0 fully saturated rings. The average Bonchev–Trinajstić information content (AvgIpc) is 3.11. The molecule has 0 aliphatic heterocycles. The van der Waals surface area contributed by atoms with Crippen LogP contribution >= 0.6 is 0 Å². The lowest BCUT2D eigenvalue weighted by Crippen LogP contribution is -2.32. The van der Waals surface area contributed by atoms with Gasteiger partial charge in [0.25, 0.3) is 0 Å². The van der Waals surface area contributed by atoms with Crippen molar-refractivity contribution in [3.63, 3.8) is 0 Å². The zero-order valence-corrected chi connectivity index (χ0v) is 17.8. The summed E-state index contributed by atoms with van der Waals surface area (Å²) in [6, 6.07) is 9.08. The number of aryl methyl sites for hydroxylation is 3. The predicted octanol–water partition coefficient (Wildman–Crippen LogP) is 6.41. The van der Waals surface area contributed by atoms with Crippen LogP contribution < -0.4 is 4.57 Å². The molecule has 4 aromatic rings. The molecule has 0 bridgehead atoms. The van der Waals surface area contributed by atoms with Crippen LogP contribution in [0.2, 0.25) is 0 Å². The van der Waals surface area contributed by atoms with Crippen LogP contribution in [0.5, 0.6) is 0 Å². The van der Waals surface area contributed by atoms with Gasteiger partial charge in [-0.25, -0.2) is 9.55 Å². The molecule has 0 saturated carbocycles. The minimum absolute atomic E-state index is 0.163. The number of hydrogen-bond acceptors (Lipinski definition) is 2. The Hall–Kier alpha value is -2.68. The Balaban J connectivity index is 1.96. The maximum atomic E-state index is 8.47. The molecule has 1 aromatic carbocycles. The van der Waals surface area contributed by atoms with Gasteiger partial charge < -0.3 is 4.42 Å². The van der Waals surface area contributed by atoms with Gasteiger partial charge in [0.15, 0.2) is 11.8 Å². The summed E-state index contributed by atoms with van der Waals surface area (Å²) in [6.07, 6.45) is -0.583. The number of furan rings is 1. The van der Waals surface area contributed by atoms with Crippen molar-refractivity contribution in [2.75, 3.05) is 0 Å². The molecule has 3 aromatic heterocycles. The average molecular weight is 395 g/mol. The topological polar surface area (TPSA) is 29.9 Å². The van der Waals surface area contributed by atoms with E-state index in [1.54, 1.807) is 6.07 Å². The van der Waals surface area contributed by atoms with Crippen molar-refractivity contribution in [3.05, 3.63) is 58.9 Å². The van der Waals surface area contributed by atoms with Crippen LogP contribution in [0.25, 0.3) is 33.3 Å². The van der Waals surface area contributed by atoms with Gasteiger partial charge in [-0.05, 0) is 55.3 Å². The summed E-state index contributed by atoms with van der Waals surface area (Å²) in [4.78, 5) is 4.37. The highest BCUT2D eigenvalue weighted by Crippen LogP contribution is 2.37. The lowest BCUT2D eigenvalue weighted by molar-refractivity contribution is -0.660. The molecule has 0 saturated heterocycles. The van der Waals surface area contributed by atoms with Crippen LogP contribution in [-0.4, -0.2) is 4.98 Å². The predicted molar refractivity (Wildman–Crippen MR) is 120 cm³/mol. The van der Waals surface area contributed by atoms with Crippen LogP contribution in [0.4, 0.5) is 0 Å². The van der Waals surface area contributed by atoms with E-state index in [0.29, 0.717) is 11.0 Å². The Morgan fingerprint density at radius 1 is 1.14 bits per heavy atom. The first-order valence-corrected chi connectivity index (χ1v) is 9.72. The monoisotopic (exact) mass is 394 g/mol. The standard InChI is InChI=1S/C26H31N2O/c1-15(2)12-19-9-11-21-20-10-8-17(5)24(25(20)29-26(21)27-19)23-13-18(6)22(16(3)4)14-28(23)7/h8-11,13-16H,12H2,1-7H3/q+1/i1D3,12D2,15D,16D. The van der Waals surface area contributed by atoms with Crippen molar-refractivity contribution < 1.29 is 18.6 Å². The highest BCUT2D eigenvalue weighted by Gasteiger charge is 2.23. The van der Waals surface area contributed by atoms with Crippen molar-refractivity contribution in [2.45, 2.75) is 53.7 Å². The third-order valence-corrected chi connectivity index (χ3v) is 5.31. The summed E-state index contributed by atoms with van der Waals surface area (Å²) in [7, 11) is 1.93. The van der Waals surface area contributed by atoms with E-state index in [1.165, 1.54) is 6.07 Å². The van der Waals surface area contributed by atoms with Gasteiger partial charge in [-0.15, -0.1) is 0 Å². The number of rotatable bonds is 4. The summed E-state index contributed by atoms with van der Waals surface area (Å²) >= 11 is 0. The lowest BCUT2D eigenvalue weighted by atomic mass is 9.95. The first kappa shape index (κ1) is 12.8. The quantitative estimate of drug-likeness (QED) is 0.374. The summed E-state index contributed by atoms with van der Waals surface area (Å²) < 4.78 is 64.9. The van der Waals surface area contributed by atoms with E-state index >= 15 is 0 Å². The second-order valence-electron chi connectivity index (χ2n) is 7.90. The van der Waals surface area contributed by atoms with Crippen LogP contribution in [0.3, 0.4) is 0 Å². The lowest BCUT2D eigenvalue weighted by Gasteiger charge is -2.11. The highest BCUT2D eigenvalue weighted by atomic mass is 16.3. The molecule has 0 amide bonds. The van der Waals surface area contributed by atoms with E-state index in [2.05, 4.69) is 4.98 Å². The van der Waals surface area contributed by atoms with Gasteiger partial charge in [0.2, 0.25) is 11.4 Å². The molecule has 0 radical (unpaired) electrons. The zero-order chi connectivity index (χ0) is 27.0. The molecule has 3 heteroatoms. The molecule has 3 heterocycles. The third-order valence-electron chi connectivity index (χ3n) is 5.31. The Bertz CT molecular complexity index is 1490. The van der Waals surface area contributed by atoms with Gasteiger partial charge in [-0.3, -0.25) is 0 Å². The number of pyridine rings is 2. The molecular formula is C26H31N2O+. The van der Waals surface area contributed by atoms with Crippen molar-refractivity contribution >= 4 is 22.1 Å². The molecule has 1 unspecified atom stereocenters. The molecule has 0 spiro atoms. The zero-order valence-electron chi connectivity index (χ0n) is 24.8. The molecule has 0 aliphatic carbocycles. The molecule has 29 heavy (non-hydrogen) atoms. The maximum Gasteiger partial charge on any atom is 0.227 e. The minimum Gasteiger partial charge on any atom is -0.437 e. The van der Waals surface area contributed by atoms with Gasteiger partial charge >= 0.3 is 0 Å². The van der Waals surface area contributed by atoms with E-state index in [-0.39, 0.29) is 11.4 Å². The number of benzene rings is 1. The smallest absolute Gasteiger partial charge is 0.227 e. The van der Waals surface area contributed by atoms with Crippen LogP contribution in [-0.2, 0) is 13.4 Å². The van der Waals surface area contributed by atoms with Gasteiger partial charge in [0, 0.05) is 37.7 Å². The molecular weight excluding hydrogens is 356 g/mol. The molecule has 150 valence electrons. The van der Waals surface area contributed by atoms with Crippen molar-refractivity contribution in [1.29, 1.82) is 0 Å². The Morgan fingerprint density at radius 3 is 2.62 bits per heavy atom. The summed E-state index contributed by atoms with van der Waals surface area (Å²) in [6.45, 7) is 5.90. The van der Waals surface area contributed by atoms with Crippen LogP contribution in [0.1, 0.15) is 65.5 Å². The molecule has 4 rings (SSSR count). The fourth-order valence-electron chi connectivity index (χ4n) is 3.92.